The second kappa shape index (κ2) is 14.0. The van der Waals surface area contributed by atoms with Crippen LogP contribution in [0.25, 0.3) is 35.4 Å². The summed E-state index contributed by atoms with van der Waals surface area (Å²) < 4.78 is 66.0. The van der Waals surface area contributed by atoms with Crippen molar-refractivity contribution < 1.29 is 25.9 Å². The van der Waals surface area contributed by atoms with Gasteiger partial charge in [-0.2, -0.15) is 16.8 Å². The Morgan fingerprint density at radius 1 is 0.421 bits per heavy atom. The van der Waals surface area contributed by atoms with E-state index < -0.39 is 20.2 Å². The Bertz CT molecular complexity index is 1570. The molecule has 0 atom stereocenters. The predicted octanol–water partition coefficient (Wildman–Crippen LogP) is 4.89. The Morgan fingerprint density at radius 2 is 0.684 bits per heavy atom. The fourth-order valence-electron chi connectivity index (χ4n) is 3.84. The van der Waals surface area contributed by atoms with Gasteiger partial charge in [0.2, 0.25) is 0 Å². The quantitative estimate of drug-likeness (QED) is 0.187. The number of hydrogen-bond donors (Lipinski definition) is 2. The van der Waals surface area contributed by atoms with Gasteiger partial charge in [0, 0.05) is 0 Å². The standard InChI is InChI=1S/C28H22O6S2.2Na.2H/c29-35(30,31)27-15-7-3-11-23(27)19-17-21-9-1-5-13-25(21)26-14-6-2-10-22(26)18-20-24-12-4-8-16-28(24)36(32,33)34;;;;/h1-20H,(H,29,30,31)(H,32,33,34);;;;/b19-17+,20-18+;;;;. The van der Waals surface area contributed by atoms with E-state index in [2.05, 4.69) is 0 Å². The van der Waals surface area contributed by atoms with Crippen molar-refractivity contribution in [1.29, 1.82) is 0 Å². The topological polar surface area (TPSA) is 109 Å². The van der Waals surface area contributed by atoms with Gasteiger partial charge in [-0.05, 0) is 45.5 Å². The SMILES string of the molecule is O=S(=O)(O)c1ccccc1/C=C/c1ccccc1-c1ccccc1/C=C/c1ccccc1S(=O)(=O)O.[NaH].[NaH]. The Hall–Kier alpha value is -1.82. The fourth-order valence-corrected chi connectivity index (χ4v) is 5.21. The molecule has 0 bridgehead atoms. The zero-order valence-electron chi connectivity index (χ0n) is 18.9. The fraction of sp³-hybridized carbons (Fsp3) is 0. The Kier molecular flexibility index (Phi) is 11.9. The number of rotatable bonds is 7. The van der Waals surface area contributed by atoms with Crippen molar-refractivity contribution in [1.82, 2.24) is 0 Å². The van der Waals surface area contributed by atoms with Gasteiger partial charge in [0.25, 0.3) is 20.2 Å². The van der Waals surface area contributed by atoms with Gasteiger partial charge in [-0.3, -0.25) is 9.11 Å². The molecule has 186 valence electrons. The molecule has 0 saturated carbocycles. The molecular weight excluding hydrogens is 542 g/mol. The Morgan fingerprint density at radius 3 is 1.03 bits per heavy atom. The van der Waals surface area contributed by atoms with E-state index in [0.717, 1.165) is 22.3 Å². The van der Waals surface area contributed by atoms with E-state index in [1.54, 1.807) is 48.6 Å². The van der Waals surface area contributed by atoms with Crippen LogP contribution in [-0.4, -0.2) is 85.1 Å². The maximum absolute atomic E-state index is 11.7. The maximum atomic E-state index is 11.7. The molecule has 0 heterocycles. The van der Waals surface area contributed by atoms with E-state index in [-0.39, 0.29) is 68.9 Å². The van der Waals surface area contributed by atoms with Crippen molar-refractivity contribution in [3.8, 4) is 11.1 Å². The number of hydrogen-bond acceptors (Lipinski definition) is 4. The molecule has 0 aliphatic heterocycles. The molecule has 0 radical (unpaired) electrons. The average molecular weight is 567 g/mol. The van der Waals surface area contributed by atoms with Crippen molar-refractivity contribution in [2.24, 2.45) is 0 Å². The summed E-state index contributed by atoms with van der Waals surface area (Å²) in [5, 5.41) is 0. The van der Waals surface area contributed by atoms with Crippen molar-refractivity contribution in [2.45, 2.75) is 9.79 Å². The van der Waals surface area contributed by atoms with Gasteiger partial charge in [-0.15, -0.1) is 0 Å². The summed E-state index contributed by atoms with van der Waals surface area (Å²) in [6.07, 6.45) is 6.80. The van der Waals surface area contributed by atoms with E-state index in [1.165, 1.54) is 24.3 Å². The molecule has 0 amide bonds. The first-order valence-electron chi connectivity index (χ1n) is 10.8. The van der Waals surface area contributed by atoms with Crippen LogP contribution < -0.4 is 0 Å². The normalized spacial score (nSPS) is 11.7. The molecule has 38 heavy (non-hydrogen) atoms. The predicted molar refractivity (Wildman–Crippen MR) is 157 cm³/mol. The van der Waals surface area contributed by atoms with E-state index in [1.807, 2.05) is 48.5 Å². The molecule has 0 saturated heterocycles. The summed E-state index contributed by atoms with van der Waals surface area (Å²) in [5.41, 5.74) is 4.04. The number of benzene rings is 4. The van der Waals surface area contributed by atoms with Crippen LogP contribution in [0.2, 0.25) is 0 Å². The molecule has 4 rings (SSSR count). The minimum absolute atomic E-state index is 0. The van der Waals surface area contributed by atoms with E-state index in [4.69, 9.17) is 0 Å². The molecule has 0 aliphatic rings. The minimum atomic E-state index is -4.38. The van der Waals surface area contributed by atoms with Crippen LogP contribution in [0.3, 0.4) is 0 Å². The van der Waals surface area contributed by atoms with Gasteiger partial charge in [-0.25, -0.2) is 0 Å². The zero-order valence-corrected chi connectivity index (χ0v) is 20.5. The monoisotopic (exact) mass is 566 g/mol. The second-order valence-electron chi connectivity index (χ2n) is 7.87. The van der Waals surface area contributed by atoms with Gasteiger partial charge < -0.3 is 0 Å². The van der Waals surface area contributed by atoms with Crippen LogP contribution in [0.15, 0.2) is 107 Å². The Balaban J connectivity index is 0.00000253. The first-order chi connectivity index (χ1) is 17.1. The van der Waals surface area contributed by atoms with E-state index in [0.29, 0.717) is 11.1 Å². The average Bonchev–Trinajstić information content (AvgIpc) is 2.86. The molecule has 0 aromatic heterocycles. The summed E-state index contributed by atoms with van der Waals surface area (Å²) in [7, 11) is -8.75. The second-order valence-corrected chi connectivity index (χ2v) is 10.6. The van der Waals surface area contributed by atoms with Gasteiger partial charge >= 0.3 is 59.1 Å². The van der Waals surface area contributed by atoms with Gasteiger partial charge in [0.05, 0.1) is 0 Å². The van der Waals surface area contributed by atoms with Gasteiger partial charge in [0.1, 0.15) is 9.79 Å². The molecule has 6 nitrogen and oxygen atoms in total. The third-order valence-corrected chi connectivity index (χ3v) is 7.35. The van der Waals surface area contributed by atoms with Crippen LogP contribution in [0.4, 0.5) is 0 Å². The zero-order chi connectivity index (χ0) is 25.8. The molecule has 2 N–H and O–H groups in total. The Labute approximate surface area is 267 Å². The van der Waals surface area contributed by atoms with Crippen molar-refractivity contribution in [2.75, 3.05) is 0 Å². The van der Waals surface area contributed by atoms with E-state index >= 15 is 0 Å². The molecule has 0 fully saturated rings. The van der Waals surface area contributed by atoms with Crippen molar-refractivity contribution in [3.05, 3.63) is 119 Å². The molecule has 4 aromatic rings. The first kappa shape index (κ1) is 32.4. The van der Waals surface area contributed by atoms with Crippen molar-refractivity contribution >= 4 is 104 Å². The van der Waals surface area contributed by atoms with Crippen LogP contribution in [0.1, 0.15) is 22.3 Å². The van der Waals surface area contributed by atoms with Crippen LogP contribution >= 0.6 is 0 Å². The third-order valence-electron chi connectivity index (χ3n) is 5.49. The molecule has 4 aromatic carbocycles. The molecule has 0 unspecified atom stereocenters. The van der Waals surface area contributed by atoms with Crippen LogP contribution in [0.5, 0.6) is 0 Å². The summed E-state index contributed by atoms with van der Waals surface area (Å²) in [6, 6.07) is 27.4. The summed E-state index contributed by atoms with van der Waals surface area (Å²) in [4.78, 5) is -0.362. The van der Waals surface area contributed by atoms with Gasteiger partial charge in [-0.1, -0.05) is 109 Å². The first-order valence-corrected chi connectivity index (χ1v) is 13.7. The third kappa shape index (κ3) is 8.09. The van der Waals surface area contributed by atoms with E-state index in [9.17, 15) is 25.9 Å². The van der Waals surface area contributed by atoms with Crippen LogP contribution in [0, 0.1) is 0 Å². The molecule has 10 heteroatoms. The summed E-state index contributed by atoms with van der Waals surface area (Å²) >= 11 is 0. The van der Waals surface area contributed by atoms with Crippen molar-refractivity contribution in [3.63, 3.8) is 0 Å². The molecule has 0 aliphatic carbocycles. The molecular formula is C28H24Na2O6S2. The molecule has 0 spiro atoms. The van der Waals surface area contributed by atoms with Gasteiger partial charge in [0.15, 0.2) is 0 Å². The summed E-state index contributed by atoms with van der Waals surface area (Å²) in [5.74, 6) is 0. The van der Waals surface area contributed by atoms with Crippen LogP contribution in [-0.2, 0) is 20.2 Å². The summed E-state index contributed by atoms with van der Waals surface area (Å²) in [6.45, 7) is 0.